The van der Waals surface area contributed by atoms with Crippen LogP contribution in [0.25, 0.3) is 0 Å². The molecule has 2 heterocycles. The van der Waals surface area contributed by atoms with E-state index in [-0.39, 0.29) is 17.6 Å². The molecular formula is C13H17BrN2O3. The summed E-state index contributed by atoms with van der Waals surface area (Å²) in [6.07, 6.45) is 1.92. The minimum atomic E-state index is -0.249. The van der Waals surface area contributed by atoms with E-state index in [1.807, 2.05) is 0 Å². The van der Waals surface area contributed by atoms with Crippen LogP contribution in [0.15, 0.2) is 23.0 Å². The van der Waals surface area contributed by atoms with Gasteiger partial charge in [-0.3, -0.25) is 9.59 Å². The maximum Gasteiger partial charge on any atom is 0.270 e. The average molecular weight is 329 g/mol. The third-order valence-corrected chi connectivity index (χ3v) is 3.48. The Kier molecular flexibility index (Phi) is 5.15. The lowest BCUT2D eigenvalue weighted by Crippen LogP contribution is -2.41. The van der Waals surface area contributed by atoms with Crippen molar-refractivity contribution in [1.29, 1.82) is 0 Å². The van der Waals surface area contributed by atoms with Gasteiger partial charge in [-0.1, -0.05) is 22.0 Å². The van der Waals surface area contributed by atoms with Gasteiger partial charge >= 0.3 is 0 Å². The molecule has 0 aliphatic carbocycles. The molecule has 1 amide bonds. The van der Waals surface area contributed by atoms with Crippen LogP contribution in [0.4, 0.5) is 0 Å². The number of piperidine rings is 1. The Morgan fingerprint density at radius 2 is 2.16 bits per heavy atom. The van der Waals surface area contributed by atoms with Crippen molar-refractivity contribution in [2.24, 2.45) is 0 Å². The van der Waals surface area contributed by atoms with Gasteiger partial charge in [0.15, 0.2) is 0 Å². The molecule has 1 aliphatic heterocycles. The van der Waals surface area contributed by atoms with Gasteiger partial charge in [0.05, 0.1) is 12.7 Å². The Morgan fingerprint density at radius 1 is 1.42 bits per heavy atom. The third-order valence-electron chi connectivity index (χ3n) is 3.16. The molecule has 0 atom stereocenters. The Bertz CT molecular complexity index is 481. The molecule has 5 nitrogen and oxygen atoms in total. The molecular weight excluding hydrogens is 312 g/mol. The van der Waals surface area contributed by atoms with Crippen molar-refractivity contribution in [2.45, 2.75) is 18.9 Å². The van der Waals surface area contributed by atoms with Crippen molar-refractivity contribution >= 4 is 21.8 Å². The molecule has 0 spiro atoms. The number of amides is 1. The molecule has 0 radical (unpaired) electrons. The smallest absolute Gasteiger partial charge is 0.270 e. The van der Waals surface area contributed by atoms with E-state index in [2.05, 4.69) is 20.9 Å². The number of hydrogen-bond acceptors (Lipinski definition) is 3. The van der Waals surface area contributed by atoms with Crippen LogP contribution in [0.5, 0.6) is 0 Å². The summed E-state index contributed by atoms with van der Waals surface area (Å²) in [5.41, 5.74) is 0.105. The van der Waals surface area contributed by atoms with E-state index in [1.165, 1.54) is 6.07 Å². The molecule has 6 heteroatoms. The van der Waals surface area contributed by atoms with Crippen LogP contribution in [0.3, 0.4) is 0 Å². The highest BCUT2D eigenvalue weighted by Gasteiger charge is 2.24. The van der Waals surface area contributed by atoms with Crippen LogP contribution in [0, 0.1) is 0 Å². The number of nitrogens with zero attached hydrogens (tertiary/aromatic N) is 1. The Balaban J connectivity index is 1.91. The molecule has 19 heavy (non-hydrogen) atoms. The molecule has 1 aliphatic rings. The zero-order valence-corrected chi connectivity index (χ0v) is 12.2. The van der Waals surface area contributed by atoms with Crippen molar-refractivity contribution in [3.8, 4) is 0 Å². The number of alkyl halides is 1. The summed E-state index contributed by atoms with van der Waals surface area (Å²) in [7, 11) is 0. The molecule has 104 valence electrons. The van der Waals surface area contributed by atoms with Crippen molar-refractivity contribution in [1.82, 2.24) is 9.88 Å². The third kappa shape index (κ3) is 3.91. The van der Waals surface area contributed by atoms with Gasteiger partial charge in [-0.25, -0.2) is 0 Å². The Morgan fingerprint density at radius 3 is 2.79 bits per heavy atom. The predicted molar refractivity (Wildman–Crippen MR) is 75.7 cm³/mol. The largest absolute Gasteiger partial charge is 0.377 e. The second-order valence-electron chi connectivity index (χ2n) is 4.48. The number of halogens is 1. The van der Waals surface area contributed by atoms with Crippen molar-refractivity contribution in [3.05, 3.63) is 34.2 Å². The fourth-order valence-electron chi connectivity index (χ4n) is 2.18. The van der Waals surface area contributed by atoms with Gasteiger partial charge in [-0.15, -0.1) is 0 Å². The van der Waals surface area contributed by atoms with Crippen LogP contribution < -0.4 is 5.56 Å². The number of pyridine rings is 1. The van der Waals surface area contributed by atoms with Crippen LogP contribution in [0.1, 0.15) is 23.3 Å². The number of carbonyl (C=O) groups is 1. The fourth-order valence-corrected chi connectivity index (χ4v) is 2.37. The van der Waals surface area contributed by atoms with Crippen molar-refractivity contribution in [2.75, 3.05) is 25.0 Å². The van der Waals surface area contributed by atoms with Crippen LogP contribution >= 0.6 is 15.9 Å². The number of carbonyl (C=O) groups excluding carboxylic acids is 1. The van der Waals surface area contributed by atoms with Gasteiger partial charge in [0.1, 0.15) is 5.69 Å². The monoisotopic (exact) mass is 328 g/mol. The normalized spacial score (nSPS) is 16.6. The fraction of sp³-hybridized carbons (Fsp3) is 0.538. The number of H-pyrrole nitrogens is 1. The highest BCUT2D eigenvalue weighted by Crippen LogP contribution is 2.15. The molecule has 2 rings (SSSR count). The molecule has 1 N–H and O–H groups in total. The quantitative estimate of drug-likeness (QED) is 0.849. The summed E-state index contributed by atoms with van der Waals surface area (Å²) < 4.78 is 5.64. The molecule has 0 saturated carbocycles. The summed E-state index contributed by atoms with van der Waals surface area (Å²) in [4.78, 5) is 27.7. The zero-order valence-electron chi connectivity index (χ0n) is 10.6. The minimum Gasteiger partial charge on any atom is -0.377 e. The Labute approximate surface area is 120 Å². The van der Waals surface area contributed by atoms with Gasteiger partial charge in [0.2, 0.25) is 5.56 Å². The van der Waals surface area contributed by atoms with E-state index in [1.54, 1.807) is 17.0 Å². The van der Waals surface area contributed by atoms with Crippen LogP contribution in [-0.4, -0.2) is 46.9 Å². The van der Waals surface area contributed by atoms with Crippen molar-refractivity contribution < 1.29 is 9.53 Å². The Hall–Kier alpha value is -1.14. The van der Waals surface area contributed by atoms with Gasteiger partial charge in [-0.05, 0) is 18.9 Å². The highest BCUT2D eigenvalue weighted by atomic mass is 79.9. The highest BCUT2D eigenvalue weighted by molar-refractivity contribution is 9.09. The number of rotatable bonds is 4. The van der Waals surface area contributed by atoms with Gasteiger partial charge in [0, 0.05) is 24.5 Å². The first-order chi connectivity index (χ1) is 9.20. The molecule has 1 aromatic rings. The average Bonchev–Trinajstić information content (AvgIpc) is 2.45. The lowest BCUT2D eigenvalue weighted by Gasteiger charge is -2.31. The maximum atomic E-state index is 12.2. The number of aromatic amines is 1. The zero-order chi connectivity index (χ0) is 13.7. The molecule has 1 saturated heterocycles. The lowest BCUT2D eigenvalue weighted by molar-refractivity contribution is 0.0158. The van der Waals surface area contributed by atoms with Crippen molar-refractivity contribution in [3.63, 3.8) is 0 Å². The number of nitrogens with one attached hydrogen (secondary N) is 1. The van der Waals surface area contributed by atoms with Crippen LogP contribution in [0.2, 0.25) is 0 Å². The topological polar surface area (TPSA) is 62.4 Å². The number of aromatic nitrogens is 1. The molecule has 1 fully saturated rings. The SMILES string of the molecule is O=C(c1cccc(=O)[nH]1)N1CCC(OCCBr)CC1. The summed E-state index contributed by atoms with van der Waals surface area (Å²) >= 11 is 3.33. The van der Waals surface area contributed by atoms with Gasteiger partial charge < -0.3 is 14.6 Å². The summed E-state index contributed by atoms with van der Waals surface area (Å²) in [5.74, 6) is -0.114. The summed E-state index contributed by atoms with van der Waals surface area (Å²) in [6, 6.07) is 4.63. The lowest BCUT2D eigenvalue weighted by atomic mass is 10.1. The molecule has 1 aromatic heterocycles. The second-order valence-corrected chi connectivity index (χ2v) is 5.27. The van der Waals surface area contributed by atoms with E-state index in [0.717, 1.165) is 18.2 Å². The number of likely N-dealkylation sites (tertiary alicyclic amines) is 1. The van der Waals surface area contributed by atoms with E-state index >= 15 is 0 Å². The molecule has 0 bridgehead atoms. The van der Waals surface area contributed by atoms with Gasteiger partial charge in [0.25, 0.3) is 5.91 Å². The summed E-state index contributed by atoms with van der Waals surface area (Å²) in [6.45, 7) is 2.04. The second kappa shape index (κ2) is 6.86. The van der Waals surface area contributed by atoms with E-state index in [4.69, 9.17) is 4.74 Å². The van der Waals surface area contributed by atoms with E-state index in [0.29, 0.717) is 25.4 Å². The molecule has 0 aromatic carbocycles. The van der Waals surface area contributed by atoms with E-state index in [9.17, 15) is 9.59 Å². The van der Waals surface area contributed by atoms with Crippen LogP contribution in [-0.2, 0) is 4.74 Å². The first-order valence-electron chi connectivity index (χ1n) is 6.37. The number of ether oxygens (including phenoxy) is 1. The number of hydrogen-bond donors (Lipinski definition) is 1. The predicted octanol–water partition coefficient (Wildman–Crippen LogP) is 1.39. The first-order valence-corrected chi connectivity index (χ1v) is 7.49. The first kappa shape index (κ1) is 14.3. The summed E-state index contributed by atoms with van der Waals surface area (Å²) in [5, 5.41) is 0.831. The molecule has 0 unspecified atom stereocenters. The van der Waals surface area contributed by atoms with Gasteiger partial charge in [-0.2, -0.15) is 0 Å². The maximum absolute atomic E-state index is 12.2. The standard InChI is InChI=1S/C13H17BrN2O3/c14-6-9-19-10-4-7-16(8-5-10)13(18)11-2-1-3-12(17)15-11/h1-3,10H,4-9H2,(H,15,17). The van der Waals surface area contributed by atoms with E-state index < -0.39 is 0 Å². The minimum absolute atomic E-state index is 0.114.